The highest BCUT2D eigenvalue weighted by Gasteiger charge is 2.08. The van der Waals surface area contributed by atoms with E-state index in [0.717, 1.165) is 17.2 Å². The maximum atomic E-state index is 13.3. The predicted octanol–water partition coefficient (Wildman–Crippen LogP) is 2.04. The summed E-state index contributed by atoms with van der Waals surface area (Å²) in [6.07, 6.45) is 3.38. The lowest BCUT2D eigenvalue weighted by Gasteiger charge is -2.08. The smallest absolute Gasteiger partial charge is 0.251 e. The second-order valence-corrected chi connectivity index (χ2v) is 4.22. The zero-order chi connectivity index (χ0) is 13.8. The topological polar surface area (TPSA) is 68.0 Å². The third-order valence-corrected chi connectivity index (χ3v) is 2.85. The van der Waals surface area contributed by atoms with Crippen molar-refractivity contribution in [2.24, 2.45) is 0 Å². The van der Waals surface area contributed by atoms with Crippen molar-refractivity contribution >= 4 is 11.6 Å². The number of aromatic nitrogens is 1. The molecule has 0 bridgehead atoms. The summed E-state index contributed by atoms with van der Waals surface area (Å²) < 4.78 is 13.3. The average molecular weight is 259 g/mol. The highest BCUT2D eigenvalue weighted by atomic mass is 19.1. The fourth-order valence-corrected chi connectivity index (χ4v) is 1.63. The molecule has 19 heavy (non-hydrogen) atoms. The molecular formula is C14H14FN3O. The van der Waals surface area contributed by atoms with Crippen LogP contribution >= 0.6 is 0 Å². The van der Waals surface area contributed by atoms with Crippen LogP contribution in [-0.2, 0) is 6.54 Å². The molecule has 0 aliphatic rings. The van der Waals surface area contributed by atoms with Crippen molar-refractivity contribution in [3.63, 3.8) is 0 Å². The fraction of sp³-hybridized carbons (Fsp3) is 0.143. The van der Waals surface area contributed by atoms with Crippen LogP contribution in [0.5, 0.6) is 0 Å². The van der Waals surface area contributed by atoms with Crippen molar-refractivity contribution in [3.8, 4) is 0 Å². The van der Waals surface area contributed by atoms with Gasteiger partial charge in [0, 0.05) is 24.5 Å². The standard InChI is InChI=1S/C14H14FN3O/c1-9-4-5-17-7-11(9)8-18-14(19)10-2-3-13(16)12(15)6-10/h2-7H,8,16H2,1H3,(H,18,19). The molecule has 1 aromatic carbocycles. The van der Waals surface area contributed by atoms with Gasteiger partial charge >= 0.3 is 0 Å². The number of carbonyl (C=O) groups is 1. The van der Waals surface area contributed by atoms with E-state index in [1.165, 1.54) is 12.1 Å². The third kappa shape index (κ3) is 3.07. The number of carbonyl (C=O) groups excluding carboxylic acids is 1. The Morgan fingerprint density at radius 2 is 2.21 bits per heavy atom. The molecule has 0 fully saturated rings. The molecule has 0 aliphatic heterocycles. The number of aryl methyl sites for hydroxylation is 1. The van der Waals surface area contributed by atoms with E-state index < -0.39 is 5.82 Å². The molecule has 5 heteroatoms. The number of amides is 1. The molecule has 4 nitrogen and oxygen atoms in total. The summed E-state index contributed by atoms with van der Waals surface area (Å²) in [6, 6.07) is 5.86. The number of hydrogen-bond donors (Lipinski definition) is 2. The van der Waals surface area contributed by atoms with E-state index >= 15 is 0 Å². The van der Waals surface area contributed by atoms with Gasteiger partial charge < -0.3 is 11.1 Å². The molecule has 2 aromatic rings. The number of halogens is 1. The first-order valence-electron chi connectivity index (χ1n) is 5.80. The Hall–Kier alpha value is -2.43. The van der Waals surface area contributed by atoms with Gasteiger partial charge in [-0.2, -0.15) is 0 Å². The Kier molecular flexibility index (Phi) is 3.75. The van der Waals surface area contributed by atoms with Crippen LogP contribution in [0.1, 0.15) is 21.5 Å². The molecule has 0 saturated carbocycles. The Morgan fingerprint density at radius 3 is 2.89 bits per heavy atom. The lowest BCUT2D eigenvalue weighted by molar-refractivity contribution is 0.0950. The minimum atomic E-state index is -0.592. The first-order chi connectivity index (χ1) is 9.08. The summed E-state index contributed by atoms with van der Waals surface area (Å²) in [5.41, 5.74) is 7.59. The molecule has 1 heterocycles. The molecule has 3 N–H and O–H groups in total. The van der Waals surface area contributed by atoms with Crippen LogP contribution in [0.3, 0.4) is 0 Å². The number of nitrogens with one attached hydrogen (secondary N) is 1. The molecule has 2 rings (SSSR count). The van der Waals surface area contributed by atoms with Crippen LogP contribution < -0.4 is 11.1 Å². The van der Waals surface area contributed by atoms with Gasteiger partial charge in [0.1, 0.15) is 5.82 Å². The molecular weight excluding hydrogens is 245 g/mol. The molecule has 1 aromatic heterocycles. The highest BCUT2D eigenvalue weighted by molar-refractivity contribution is 5.94. The van der Waals surface area contributed by atoms with Crippen LogP contribution in [0.2, 0.25) is 0 Å². The van der Waals surface area contributed by atoms with Gasteiger partial charge in [-0.05, 0) is 42.3 Å². The highest BCUT2D eigenvalue weighted by Crippen LogP contribution is 2.12. The van der Waals surface area contributed by atoms with Gasteiger partial charge in [-0.25, -0.2) is 4.39 Å². The summed E-state index contributed by atoms with van der Waals surface area (Å²) in [5.74, 6) is -0.938. The summed E-state index contributed by atoms with van der Waals surface area (Å²) in [6.45, 7) is 2.29. The van der Waals surface area contributed by atoms with Crippen molar-refractivity contribution in [1.29, 1.82) is 0 Å². The van der Waals surface area contributed by atoms with E-state index in [-0.39, 0.29) is 17.2 Å². The molecule has 0 aliphatic carbocycles. The monoisotopic (exact) mass is 259 g/mol. The van der Waals surface area contributed by atoms with Crippen LogP contribution in [0.15, 0.2) is 36.7 Å². The van der Waals surface area contributed by atoms with Crippen molar-refractivity contribution in [2.45, 2.75) is 13.5 Å². The fourth-order valence-electron chi connectivity index (χ4n) is 1.63. The Labute approximate surface area is 110 Å². The largest absolute Gasteiger partial charge is 0.396 e. The second kappa shape index (κ2) is 5.48. The van der Waals surface area contributed by atoms with Gasteiger partial charge in [0.2, 0.25) is 0 Å². The third-order valence-electron chi connectivity index (χ3n) is 2.85. The number of rotatable bonds is 3. The number of nitrogens with two attached hydrogens (primary N) is 1. The Morgan fingerprint density at radius 1 is 1.42 bits per heavy atom. The lowest BCUT2D eigenvalue weighted by Crippen LogP contribution is -2.23. The van der Waals surface area contributed by atoms with Gasteiger partial charge in [0.05, 0.1) is 5.69 Å². The molecule has 0 spiro atoms. The van der Waals surface area contributed by atoms with Gasteiger partial charge in [-0.1, -0.05) is 0 Å². The summed E-state index contributed by atoms with van der Waals surface area (Å²) in [5, 5.41) is 2.72. The first-order valence-corrected chi connectivity index (χ1v) is 5.80. The average Bonchev–Trinajstić information content (AvgIpc) is 2.40. The van der Waals surface area contributed by atoms with Crippen molar-refractivity contribution < 1.29 is 9.18 Å². The van der Waals surface area contributed by atoms with E-state index in [0.29, 0.717) is 6.54 Å². The van der Waals surface area contributed by atoms with Crippen LogP contribution in [-0.4, -0.2) is 10.9 Å². The molecule has 0 radical (unpaired) electrons. The zero-order valence-corrected chi connectivity index (χ0v) is 10.5. The molecule has 98 valence electrons. The van der Waals surface area contributed by atoms with E-state index in [2.05, 4.69) is 10.3 Å². The van der Waals surface area contributed by atoms with Crippen molar-refractivity contribution in [3.05, 3.63) is 59.2 Å². The lowest BCUT2D eigenvalue weighted by atomic mass is 10.1. The van der Waals surface area contributed by atoms with Crippen molar-refractivity contribution in [2.75, 3.05) is 5.73 Å². The molecule has 0 atom stereocenters. The van der Waals surface area contributed by atoms with Crippen LogP contribution in [0.4, 0.5) is 10.1 Å². The number of benzene rings is 1. The zero-order valence-electron chi connectivity index (χ0n) is 10.5. The van der Waals surface area contributed by atoms with E-state index in [9.17, 15) is 9.18 Å². The van der Waals surface area contributed by atoms with E-state index in [4.69, 9.17) is 5.73 Å². The van der Waals surface area contributed by atoms with Gasteiger partial charge in [0.15, 0.2) is 0 Å². The predicted molar refractivity (Wildman–Crippen MR) is 71.0 cm³/mol. The minimum Gasteiger partial charge on any atom is -0.396 e. The Balaban J connectivity index is 2.05. The maximum Gasteiger partial charge on any atom is 0.251 e. The molecule has 1 amide bonds. The second-order valence-electron chi connectivity index (χ2n) is 4.22. The number of nitrogens with zero attached hydrogens (tertiary/aromatic N) is 1. The number of hydrogen-bond acceptors (Lipinski definition) is 3. The van der Waals surface area contributed by atoms with Crippen LogP contribution in [0, 0.1) is 12.7 Å². The molecule has 0 unspecified atom stereocenters. The minimum absolute atomic E-state index is 0.0275. The van der Waals surface area contributed by atoms with Crippen LogP contribution in [0.25, 0.3) is 0 Å². The van der Waals surface area contributed by atoms with Gasteiger partial charge in [-0.3, -0.25) is 9.78 Å². The number of nitrogen functional groups attached to an aromatic ring is 1. The molecule has 0 saturated heterocycles. The van der Waals surface area contributed by atoms with Gasteiger partial charge in [-0.15, -0.1) is 0 Å². The quantitative estimate of drug-likeness (QED) is 0.829. The summed E-state index contributed by atoms with van der Waals surface area (Å²) in [7, 11) is 0. The van der Waals surface area contributed by atoms with E-state index in [1.807, 2.05) is 13.0 Å². The Bertz CT molecular complexity index is 613. The maximum absolute atomic E-state index is 13.3. The van der Waals surface area contributed by atoms with Gasteiger partial charge in [0.25, 0.3) is 5.91 Å². The normalized spacial score (nSPS) is 10.2. The van der Waals surface area contributed by atoms with Crippen molar-refractivity contribution in [1.82, 2.24) is 10.3 Å². The van der Waals surface area contributed by atoms with E-state index in [1.54, 1.807) is 12.4 Å². The summed E-state index contributed by atoms with van der Waals surface area (Å²) in [4.78, 5) is 15.8. The summed E-state index contributed by atoms with van der Waals surface area (Å²) >= 11 is 0. The first kappa shape index (κ1) is 13.0. The SMILES string of the molecule is Cc1ccncc1CNC(=O)c1ccc(N)c(F)c1. The number of anilines is 1. The number of pyridine rings is 1.